The summed E-state index contributed by atoms with van der Waals surface area (Å²) in [6, 6.07) is 3.69. The van der Waals surface area contributed by atoms with Crippen LogP contribution in [0.1, 0.15) is 12.0 Å². The normalized spacial score (nSPS) is 15.2. The third-order valence-electron chi connectivity index (χ3n) is 2.86. The predicted molar refractivity (Wildman–Crippen MR) is 70.7 cm³/mol. The Hall–Kier alpha value is -1.26. The van der Waals surface area contributed by atoms with Gasteiger partial charge in [0.1, 0.15) is 0 Å². The van der Waals surface area contributed by atoms with Gasteiger partial charge in [0.05, 0.1) is 11.4 Å². The molecular formula is C12H16ClN3O. The Morgan fingerprint density at radius 2 is 2.29 bits per heavy atom. The highest BCUT2D eigenvalue weighted by Gasteiger charge is 2.20. The summed E-state index contributed by atoms with van der Waals surface area (Å²) in [6.45, 7) is 3.99. The van der Waals surface area contributed by atoms with Gasteiger partial charge >= 0.3 is 0 Å². The molecular weight excluding hydrogens is 238 g/mol. The largest absolute Gasteiger partial charge is 0.368 e. The van der Waals surface area contributed by atoms with Crippen LogP contribution in [0.4, 0.5) is 11.4 Å². The van der Waals surface area contributed by atoms with Gasteiger partial charge in [-0.2, -0.15) is 0 Å². The number of fused-ring (bicyclic) bond motifs is 1. The van der Waals surface area contributed by atoms with Crippen molar-refractivity contribution in [1.29, 1.82) is 0 Å². The summed E-state index contributed by atoms with van der Waals surface area (Å²) in [5, 5.41) is 3.52. The summed E-state index contributed by atoms with van der Waals surface area (Å²) in [4.78, 5) is 13.7. The van der Waals surface area contributed by atoms with Crippen molar-refractivity contribution in [2.75, 3.05) is 29.9 Å². The van der Waals surface area contributed by atoms with Gasteiger partial charge in [0.25, 0.3) is 0 Å². The van der Waals surface area contributed by atoms with Gasteiger partial charge in [-0.05, 0) is 24.6 Å². The second-order valence-corrected chi connectivity index (χ2v) is 4.63. The molecule has 0 saturated carbocycles. The molecule has 2 rings (SSSR count). The number of rotatable bonds is 2. The number of nitrogens with zero attached hydrogens (tertiary/aromatic N) is 1. The number of halogens is 1. The van der Waals surface area contributed by atoms with Crippen LogP contribution in [-0.4, -0.2) is 25.5 Å². The second kappa shape index (κ2) is 4.94. The number of hydrogen-bond donors (Lipinski definition) is 2. The summed E-state index contributed by atoms with van der Waals surface area (Å²) in [6.07, 6.45) is 0.478. The quantitative estimate of drug-likeness (QED) is 0.844. The van der Waals surface area contributed by atoms with Gasteiger partial charge in [0.15, 0.2) is 0 Å². The number of benzene rings is 1. The maximum atomic E-state index is 11.6. The predicted octanol–water partition coefficient (Wildman–Crippen LogP) is 1.76. The molecule has 17 heavy (non-hydrogen) atoms. The molecule has 0 saturated heterocycles. The lowest BCUT2D eigenvalue weighted by Gasteiger charge is -2.25. The Morgan fingerprint density at radius 3 is 3.00 bits per heavy atom. The van der Waals surface area contributed by atoms with Gasteiger partial charge in [-0.25, -0.2) is 0 Å². The Balaban J connectivity index is 2.48. The minimum atomic E-state index is 0.0208. The first-order valence-corrected chi connectivity index (χ1v) is 6.04. The van der Waals surface area contributed by atoms with Gasteiger partial charge < -0.3 is 16.0 Å². The smallest absolute Gasteiger partial charge is 0.226 e. The molecule has 0 unspecified atom stereocenters. The lowest BCUT2D eigenvalue weighted by atomic mass is 10.1. The van der Waals surface area contributed by atoms with Crippen LogP contribution in [0.3, 0.4) is 0 Å². The van der Waals surface area contributed by atoms with Crippen molar-refractivity contribution >= 4 is 28.9 Å². The first-order chi connectivity index (χ1) is 8.11. The zero-order valence-corrected chi connectivity index (χ0v) is 10.5. The van der Waals surface area contributed by atoms with Gasteiger partial charge in [-0.1, -0.05) is 11.6 Å². The van der Waals surface area contributed by atoms with E-state index in [1.807, 2.05) is 13.0 Å². The van der Waals surface area contributed by atoms with Crippen LogP contribution in [0.15, 0.2) is 12.1 Å². The molecule has 0 radical (unpaired) electrons. The van der Waals surface area contributed by atoms with Crippen molar-refractivity contribution in [3.63, 3.8) is 0 Å². The average molecular weight is 254 g/mol. The van der Waals surface area contributed by atoms with E-state index in [0.717, 1.165) is 23.5 Å². The van der Waals surface area contributed by atoms with Crippen LogP contribution in [-0.2, 0) is 4.79 Å². The summed E-state index contributed by atoms with van der Waals surface area (Å²) in [5.41, 5.74) is 8.48. The molecule has 0 atom stereocenters. The highest BCUT2D eigenvalue weighted by atomic mass is 35.5. The Bertz CT molecular complexity index is 448. The van der Waals surface area contributed by atoms with Gasteiger partial charge in [-0.15, -0.1) is 0 Å². The number of hydrogen-bond acceptors (Lipinski definition) is 3. The maximum absolute atomic E-state index is 11.6. The number of nitrogens with two attached hydrogens (primary N) is 1. The minimum Gasteiger partial charge on any atom is -0.368 e. The van der Waals surface area contributed by atoms with E-state index in [0.29, 0.717) is 24.5 Å². The topological polar surface area (TPSA) is 58.4 Å². The molecule has 0 bridgehead atoms. The van der Waals surface area contributed by atoms with E-state index in [1.165, 1.54) is 0 Å². The van der Waals surface area contributed by atoms with E-state index in [2.05, 4.69) is 10.2 Å². The average Bonchev–Trinajstić information content (AvgIpc) is 2.38. The molecule has 1 aromatic carbocycles. The fourth-order valence-corrected chi connectivity index (χ4v) is 2.46. The number of carbonyl (C=O) groups is 1. The minimum absolute atomic E-state index is 0.0208. The first-order valence-electron chi connectivity index (χ1n) is 5.67. The standard InChI is InChI=1S/C12H16ClN3O/c1-8-6-9(13)7-10-12(8)16(5-3-14)4-2-11(17)15-10/h6-7H,2-5,14H2,1H3,(H,15,17). The molecule has 0 spiro atoms. The highest BCUT2D eigenvalue weighted by molar-refractivity contribution is 6.31. The molecule has 0 aromatic heterocycles. The summed E-state index contributed by atoms with van der Waals surface area (Å²) >= 11 is 6.01. The van der Waals surface area contributed by atoms with E-state index in [9.17, 15) is 4.79 Å². The zero-order valence-electron chi connectivity index (χ0n) is 9.79. The molecule has 1 aliphatic rings. The van der Waals surface area contributed by atoms with Crippen molar-refractivity contribution in [1.82, 2.24) is 0 Å². The molecule has 1 aromatic rings. The van der Waals surface area contributed by atoms with Gasteiger partial charge in [0.2, 0.25) is 5.91 Å². The number of anilines is 2. The van der Waals surface area contributed by atoms with Crippen LogP contribution in [0.5, 0.6) is 0 Å². The van der Waals surface area contributed by atoms with Crippen molar-refractivity contribution in [2.24, 2.45) is 5.73 Å². The second-order valence-electron chi connectivity index (χ2n) is 4.19. The van der Waals surface area contributed by atoms with Gasteiger partial charge in [-0.3, -0.25) is 4.79 Å². The van der Waals surface area contributed by atoms with Crippen molar-refractivity contribution < 1.29 is 4.79 Å². The van der Waals surface area contributed by atoms with E-state index >= 15 is 0 Å². The Labute approximate surface area is 106 Å². The van der Waals surface area contributed by atoms with E-state index in [1.54, 1.807) is 6.07 Å². The van der Waals surface area contributed by atoms with E-state index < -0.39 is 0 Å². The van der Waals surface area contributed by atoms with Crippen LogP contribution in [0.25, 0.3) is 0 Å². The molecule has 0 fully saturated rings. The number of carbonyl (C=O) groups excluding carboxylic acids is 1. The molecule has 3 N–H and O–H groups in total. The highest BCUT2D eigenvalue weighted by Crippen LogP contribution is 2.34. The first kappa shape index (κ1) is 12.2. The van der Waals surface area contributed by atoms with Crippen molar-refractivity contribution in [2.45, 2.75) is 13.3 Å². The lowest BCUT2D eigenvalue weighted by molar-refractivity contribution is -0.115. The molecule has 5 heteroatoms. The molecule has 1 amide bonds. The van der Waals surface area contributed by atoms with Crippen LogP contribution in [0, 0.1) is 6.92 Å². The fraction of sp³-hybridized carbons (Fsp3) is 0.417. The van der Waals surface area contributed by atoms with Gasteiger partial charge in [0, 0.05) is 31.1 Å². The number of amides is 1. The van der Waals surface area contributed by atoms with E-state index in [4.69, 9.17) is 17.3 Å². The molecule has 1 aliphatic heterocycles. The van der Waals surface area contributed by atoms with Crippen LogP contribution < -0.4 is 16.0 Å². The number of nitrogens with one attached hydrogen (secondary N) is 1. The van der Waals surface area contributed by atoms with E-state index in [-0.39, 0.29) is 5.91 Å². The monoisotopic (exact) mass is 253 g/mol. The Kier molecular flexibility index (Phi) is 3.54. The third-order valence-corrected chi connectivity index (χ3v) is 3.08. The summed E-state index contributed by atoms with van der Waals surface area (Å²) < 4.78 is 0. The SMILES string of the molecule is Cc1cc(Cl)cc2c1N(CCN)CCC(=O)N2. The lowest BCUT2D eigenvalue weighted by Crippen LogP contribution is -2.30. The third kappa shape index (κ3) is 2.53. The zero-order chi connectivity index (χ0) is 12.4. The summed E-state index contributed by atoms with van der Waals surface area (Å²) in [5.74, 6) is 0.0208. The Morgan fingerprint density at radius 1 is 1.53 bits per heavy atom. The van der Waals surface area contributed by atoms with Crippen molar-refractivity contribution in [3.8, 4) is 0 Å². The number of aryl methyl sites for hydroxylation is 1. The van der Waals surface area contributed by atoms with Crippen molar-refractivity contribution in [3.05, 3.63) is 22.7 Å². The fourth-order valence-electron chi connectivity index (χ4n) is 2.19. The van der Waals surface area contributed by atoms with Crippen LogP contribution in [0.2, 0.25) is 5.02 Å². The summed E-state index contributed by atoms with van der Waals surface area (Å²) in [7, 11) is 0. The molecule has 1 heterocycles. The van der Waals surface area contributed by atoms with Crippen LogP contribution >= 0.6 is 11.6 Å². The maximum Gasteiger partial charge on any atom is 0.226 e. The molecule has 0 aliphatic carbocycles. The molecule has 4 nitrogen and oxygen atoms in total. The molecule has 92 valence electrons.